The van der Waals surface area contributed by atoms with Crippen LogP contribution < -0.4 is 10.2 Å². The van der Waals surface area contributed by atoms with Crippen molar-refractivity contribution in [2.24, 2.45) is 0 Å². The first kappa shape index (κ1) is 15.8. The van der Waals surface area contributed by atoms with Crippen LogP contribution in [0.4, 0.5) is 24.5 Å². The first-order valence-corrected chi connectivity index (χ1v) is 6.28. The molecule has 1 aromatic heterocycles. The Bertz CT molecular complexity index is 652. The molecule has 2 aromatic rings. The minimum absolute atomic E-state index is 0.0879. The van der Waals surface area contributed by atoms with Crippen molar-refractivity contribution >= 4 is 17.3 Å². The highest BCUT2D eigenvalue weighted by atomic mass is 19.4. The van der Waals surface area contributed by atoms with Gasteiger partial charge in [-0.2, -0.15) is 18.3 Å². The molecule has 118 valence electrons. The van der Waals surface area contributed by atoms with Crippen molar-refractivity contribution < 1.29 is 18.0 Å². The average Bonchev–Trinajstić information content (AvgIpc) is 2.89. The van der Waals surface area contributed by atoms with Gasteiger partial charge in [0, 0.05) is 14.1 Å². The summed E-state index contributed by atoms with van der Waals surface area (Å²) in [6.07, 6.45) is -1.86. The molecule has 0 aliphatic carbocycles. The molecule has 22 heavy (non-hydrogen) atoms. The average molecular weight is 313 g/mol. The highest BCUT2D eigenvalue weighted by molar-refractivity contribution is 5.94. The van der Waals surface area contributed by atoms with Gasteiger partial charge in [0.15, 0.2) is 0 Å². The van der Waals surface area contributed by atoms with Crippen molar-refractivity contribution in [3.8, 4) is 0 Å². The number of nitrogens with one attached hydrogen (secondary N) is 1. The number of halogens is 3. The van der Waals surface area contributed by atoms with E-state index in [0.29, 0.717) is 5.69 Å². The van der Waals surface area contributed by atoms with Gasteiger partial charge in [-0.05, 0) is 18.2 Å². The Kier molecular flexibility index (Phi) is 4.34. The van der Waals surface area contributed by atoms with E-state index in [1.54, 1.807) is 19.0 Å². The molecule has 1 aromatic carbocycles. The van der Waals surface area contributed by atoms with Gasteiger partial charge in [0.25, 0.3) is 0 Å². The van der Waals surface area contributed by atoms with Crippen molar-refractivity contribution in [2.75, 3.05) is 24.3 Å². The van der Waals surface area contributed by atoms with E-state index in [1.165, 1.54) is 23.4 Å². The zero-order chi connectivity index (χ0) is 16.3. The van der Waals surface area contributed by atoms with Crippen LogP contribution >= 0.6 is 0 Å². The molecule has 0 bridgehead atoms. The normalized spacial score (nSPS) is 11.3. The zero-order valence-electron chi connectivity index (χ0n) is 11.9. The van der Waals surface area contributed by atoms with Crippen LogP contribution in [0.5, 0.6) is 0 Å². The minimum Gasteiger partial charge on any atom is -0.376 e. The largest absolute Gasteiger partial charge is 0.416 e. The van der Waals surface area contributed by atoms with E-state index >= 15 is 0 Å². The first-order chi connectivity index (χ1) is 10.3. The highest BCUT2D eigenvalue weighted by Gasteiger charge is 2.31. The van der Waals surface area contributed by atoms with Crippen molar-refractivity contribution in [1.82, 2.24) is 14.8 Å². The van der Waals surface area contributed by atoms with Crippen LogP contribution in [-0.4, -0.2) is 34.8 Å². The topological polar surface area (TPSA) is 63.1 Å². The summed E-state index contributed by atoms with van der Waals surface area (Å²) in [5.41, 5.74) is -0.265. The molecule has 0 aliphatic rings. The second kappa shape index (κ2) is 6.04. The molecule has 0 unspecified atom stereocenters. The molecule has 1 amide bonds. The Labute approximate surface area is 124 Å². The van der Waals surface area contributed by atoms with E-state index in [1.807, 2.05) is 0 Å². The molecule has 2 rings (SSSR count). The van der Waals surface area contributed by atoms with Crippen LogP contribution in [0.25, 0.3) is 0 Å². The number of hydrogen-bond acceptors (Lipinski definition) is 4. The maximum Gasteiger partial charge on any atom is 0.416 e. The Hall–Kier alpha value is -2.58. The van der Waals surface area contributed by atoms with Crippen molar-refractivity contribution in [3.63, 3.8) is 0 Å². The number of nitrogens with zero attached hydrogens (tertiary/aromatic N) is 4. The molecule has 0 aliphatic heterocycles. The summed E-state index contributed by atoms with van der Waals surface area (Å²) in [5.74, 6) is -0.493. The van der Waals surface area contributed by atoms with Gasteiger partial charge >= 0.3 is 6.18 Å². The van der Waals surface area contributed by atoms with Crippen LogP contribution in [0.3, 0.4) is 0 Å². The number of amides is 1. The lowest BCUT2D eigenvalue weighted by atomic mass is 10.1. The summed E-state index contributed by atoms with van der Waals surface area (Å²) < 4.78 is 39.7. The SMILES string of the molecule is CN(C)c1ccc(C(F)(F)F)cc1NC(=O)Cn1cncn1. The second-order valence-corrected chi connectivity index (χ2v) is 4.77. The number of anilines is 2. The van der Waals surface area contributed by atoms with Gasteiger partial charge in [-0.3, -0.25) is 4.79 Å². The monoisotopic (exact) mass is 313 g/mol. The smallest absolute Gasteiger partial charge is 0.376 e. The van der Waals surface area contributed by atoms with Gasteiger partial charge in [-0.25, -0.2) is 9.67 Å². The number of carbonyl (C=O) groups is 1. The van der Waals surface area contributed by atoms with E-state index in [-0.39, 0.29) is 12.2 Å². The van der Waals surface area contributed by atoms with Crippen molar-refractivity contribution in [2.45, 2.75) is 12.7 Å². The third-order valence-electron chi connectivity index (χ3n) is 2.85. The van der Waals surface area contributed by atoms with E-state index in [4.69, 9.17) is 0 Å². The number of hydrogen-bond donors (Lipinski definition) is 1. The summed E-state index contributed by atoms with van der Waals surface area (Å²) >= 11 is 0. The molecule has 6 nitrogen and oxygen atoms in total. The lowest BCUT2D eigenvalue weighted by Gasteiger charge is -2.19. The van der Waals surface area contributed by atoms with Gasteiger partial charge in [-0.15, -0.1) is 0 Å². The van der Waals surface area contributed by atoms with E-state index in [0.717, 1.165) is 12.1 Å². The van der Waals surface area contributed by atoms with E-state index in [9.17, 15) is 18.0 Å². The van der Waals surface area contributed by atoms with Crippen LogP contribution in [0.2, 0.25) is 0 Å². The Balaban J connectivity index is 2.25. The lowest BCUT2D eigenvalue weighted by Crippen LogP contribution is -2.21. The standard InChI is InChI=1S/C13H14F3N5O/c1-20(2)11-4-3-9(13(14,15)16)5-10(11)19-12(22)6-21-8-17-7-18-21/h3-5,7-8H,6H2,1-2H3,(H,19,22). The van der Waals surface area contributed by atoms with Crippen LogP contribution in [-0.2, 0) is 17.5 Å². The second-order valence-electron chi connectivity index (χ2n) is 4.77. The van der Waals surface area contributed by atoms with Crippen molar-refractivity contribution in [3.05, 3.63) is 36.4 Å². The summed E-state index contributed by atoms with van der Waals surface area (Å²) in [6.45, 7) is -0.136. The molecule has 1 N–H and O–H groups in total. The molecule has 9 heteroatoms. The maximum atomic E-state index is 12.8. The van der Waals surface area contributed by atoms with Crippen LogP contribution in [0.1, 0.15) is 5.56 Å². The molecule has 0 atom stereocenters. The number of benzene rings is 1. The summed E-state index contributed by atoms with van der Waals surface area (Å²) in [4.78, 5) is 17.2. The molecule has 1 heterocycles. The summed E-state index contributed by atoms with van der Waals surface area (Å²) in [7, 11) is 3.35. The van der Waals surface area contributed by atoms with E-state index in [2.05, 4.69) is 15.4 Å². The minimum atomic E-state index is -4.48. The van der Waals surface area contributed by atoms with Gasteiger partial charge in [-0.1, -0.05) is 0 Å². The maximum absolute atomic E-state index is 12.8. The van der Waals surface area contributed by atoms with Gasteiger partial charge in [0.2, 0.25) is 5.91 Å². The summed E-state index contributed by atoms with van der Waals surface area (Å²) in [6, 6.07) is 3.20. The van der Waals surface area contributed by atoms with Gasteiger partial charge in [0.1, 0.15) is 19.2 Å². The molecule has 0 radical (unpaired) electrons. The number of aromatic nitrogens is 3. The van der Waals surface area contributed by atoms with Gasteiger partial charge < -0.3 is 10.2 Å². The summed E-state index contributed by atoms with van der Waals surface area (Å²) in [5, 5.41) is 6.24. The zero-order valence-corrected chi connectivity index (χ0v) is 11.9. The highest BCUT2D eigenvalue weighted by Crippen LogP contribution is 2.34. The predicted octanol–water partition coefficient (Wildman–Crippen LogP) is 2.00. The number of rotatable bonds is 4. The fourth-order valence-corrected chi connectivity index (χ4v) is 1.85. The lowest BCUT2D eigenvalue weighted by molar-refractivity contribution is -0.137. The first-order valence-electron chi connectivity index (χ1n) is 6.28. The Morgan fingerprint density at radius 2 is 2.09 bits per heavy atom. The molecular weight excluding hydrogens is 299 g/mol. The van der Waals surface area contributed by atoms with Crippen molar-refractivity contribution in [1.29, 1.82) is 0 Å². The predicted molar refractivity (Wildman–Crippen MR) is 74.4 cm³/mol. The molecule has 0 fully saturated rings. The third-order valence-corrected chi connectivity index (χ3v) is 2.85. The fourth-order valence-electron chi connectivity index (χ4n) is 1.85. The third kappa shape index (κ3) is 3.74. The molecule has 0 spiro atoms. The fraction of sp³-hybridized carbons (Fsp3) is 0.308. The quantitative estimate of drug-likeness (QED) is 0.938. The van der Waals surface area contributed by atoms with Gasteiger partial charge in [0.05, 0.1) is 16.9 Å². The van der Waals surface area contributed by atoms with E-state index < -0.39 is 17.6 Å². The number of alkyl halides is 3. The van der Waals surface area contributed by atoms with Crippen LogP contribution in [0.15, 0.2) is 30.9 Å². The molecule has 0 saturated heterocycles. The molecular formula is C13H14F3N5O. The number of carbonyl (C=O) groups excluding carboxylic acids is 1. The Morgan fingerprint density at radius 3 is 2.64 bits per heavy atom. The Morgan fingerprint density at radius 1 is 1.36 bits per heavy atom. The molecule has 0 saturated carbocycles. The van der Waals surface area contributed by atoms with Crippen LogP contribution in [0, 0.1) is 0 Å².